The van der Waals surface area contributed by atoms with Crippen LogP contribution in [0.3, 0.4) is 0 Å². The van der Waals surface area contributed by atoms with Gasteiger partial charge in [0.2, 0.25) is 0 Å². The fourth-order valence-corrected chi connectivity index (χ4v) is 16.6. The van der Waals surface area contributed by atoms with Crippen LogP contribution >= 0.6 is 0 Å². The predicted molar refractivity (Wildman–Crippen MR) is 146 cm³/mol. The molecule has 3 fully saturated rings. The number of rotatable bonds is 2. The van der Waals surface area contributed by atoms with Gasteiger partial charge in [-0.2, -0.15) is 0 Å². The lowest BCUT2D eigenvalue weighted by molar-refractivity contribution is -0.410. The Morgan fingerprint density at radius 1 is 0.886 bits per heavy atom. The first-order valence-corrected chi connectivity index (χ1v) is 15.2. The quantitative estimate of drug-likeness (QED) is 0.405. The standard InChI is InChI=1S/C35H50/c1-14-34-25-23-18(4)15-21-24(25)30(10)22(17(2)3)27-32(12,31(30,11)20(6)19(5)28(34,7)8)33(13)29(23,9)16-35(27,33)26(21)34/h15,17,19-20,22,26-27H,14,16H2,1-13H3. The van der Waals surface area contributed by atoms with Gasteiger partial charge in [0.15, 0.2) is 0 Å². The van der Waals surface area contributed by atoms with E-state index < -0.39 is 0 Å². The van der Waals surface area contributed by atoms with Crippen molar-refractivity contribution < 1.29 is 0 Å². The van der Waals surface area contributed by atoms with Gasteiger partial charge < -0.3 is 0 Å². The SMILES string of the molecule is CCC12c3c4c(C)cc5c3C3(C)C(C(C)C)C6C7(CC4(C)C7(C)C6(C)C3(C)C(C)C(C)C1(C)C)C52. The summed E-state index contributed by atoms with van der Waals surface area (Å²) in [6.45, 7) is 35.3. The molecule has 6 aliphatic rings. The van der Waals surface area contributed by atoms with E-state index >= 15 is 0 Å². The zero-order valence-electron chi connectivity index (χ0n) is 25.0. The molecule has 3 saturated carbocycles. The van der Waals surface area contributed by atoms with Crippen LogP contribution in [0.1, 0.15) is 130 Å². The van der Waals surface area contributed by atoms with E-state index in [1.807, 2.05) is 22.3 Å². The molecule has 12 unspecified atom stereocenters. The van der Waals surface area contributed by atoms with E-state index in [4.69, 9.17) is 0 Å². The lowest BCUT2D eigenvalue weighted by atomic mass is 9.12. The van der Waals surface area contributed by atoms with Gasteiger partial charge in [-0.15, -0.1) is 0 Å². The molecule has 7 bridgehead atoms. The van der Waals surface area contributed by atoms with Crippen molar-refractivity contribution >= 4 is 0 Å². The van der Waals surface area contributed by atoms with Gasteiger partial charge in [-0.3, -0.25) is 0 Å². The van der Waals surface area contributed by atoms with E-state index in [1.54, 1.807) is 5.56 Å². The molecule has 190 valence electrons. The highest BCUT2D eigenvalue weighted by atomic mass is 15.0. The average Bonchev–Trinajstić information content (AvgIpc) is 3.00. The summed E-state index contributed by atoms with van der Waals surface area (Å²) in [5, 5.41) is 0. The highest BCUT2D eigenvalue weighted by Gasteiger charge is 3.02. The number of aryl methyl sites for hydroxylation is 1. The fraction of sp³-hybridized carbons (Fsp3) is 0.829. The van der Waals surface area contributed by atoms with Gasteiger partial charge in [-0.25, -0.2) is 0 Å². The second-order valence-corrected chi connectivity index (χ2v) is 17.0. The van der Waals surface area contributed by atoms with E-state index in [0.717, 1.165) is 23.7 Å². The fourth-order valence-electron chi connectivity index (χ4n) is 16.6. The van der Waals surface area contributed by atoms with E-state index in [2.05, 4.69) is 96.1 Å². The van der Waals surface area contributed by atoms with Gasteiger partial charge in [-0.1, -0.05) is 89.2 Å². The number of fused-ring (bicyclic) bond motifs is 5. The molecule has 0 saturated heterocycles. The summed E-state index contributed by atoms with van der Waals surface area (Å²) in [5.41, 5.74) is 11.9. The van der Waals surface area contributed by atoms with Crippen molar-refractivity contribution in [2.24, 2.45) is 56.7 Å². The van der Waals surface area contributed by atoms with E-state index in [0.29, 0.717) is 44.3 Å². The van der Waals surface area contributed by atoms with Gasteiger partial charge in [-0.05, 0) is 104 Å². The van der Waals surface area contributed by atoms with Gasteiger partial charge in [0.1, 0.15) is 0 Å². The summed E-state index contributed by atoms with van der Waals surface area (Å²) in [6.07, 6.45) is 2.77. The van der Waals surface area contributed by atoms with Crippen LogP contribution in [0.5, 0.6) is 0 Å². The Balaban J connectivity index is 1.73. The van der Waals surface area contributed by atoms with Crippen LogP contribution in [0.25, 0.3) is 0 Å². The molecule has 1 aromatic carbocycles. The molecule has 0 heterocycles. The number of hydrogen-bond donors (Lipinski definition) is 0. The molecule has 12 atom stereocenters. The van der Waals surface area contributed by atoms with Gasteiger partial charge in [0.25, 0.3) is 0 Å². The summed E-state index contributed by atoms with van der Waals surface area (Å²) >= 11 is 0. The van der Waals surface area contributed by atoms with Crippen molar-refractivity contribution in [2.75, 3.05) is 0 Å². The minimum atomic E-state index is 0.262. The monoisotopic (exact) mass is 470 g/mol. The highest BCUT2D eigenvalue weighted by molar-refractivity contribution is 5.76. The van der Waals surface area contributed by atoms with Gasteiger partial charge in [0, 0.05) is 22.2 Å². The second kappa shape index (κ2) is 4.98. The largest absolute Gasteiger partial charge is 0.0645 e. The van der Waals surface area contributed by atoms with E-state index in [9.17, 15) is 0 Å². The Morgan fingerprint density at radius 2 is 1.51 bits per heavy atom. The molecule has 0 aromatic heterocycles. The Bertz CT molecular complexity index is 1280. The summed E-state index contributed by atoms with van der Waals surface area (Å²) in [4.78, 5) is 0. The Morgan fingerprint density at radius 3 is 2.09 bits per heavy atom. The normalized spacial score (nSPS) is 62.3. The summed E-state index contributed by atoms with van der Waals surface area (Å²) in [5.74, 6) is 4.55. The summed E-state index contributed by atoms with van der Waals surface area (Å²) in [7, 11) is 0. The molecule has 1 aromatic rings. The first-order chi connectivity index (χ1) is 16.0. The molecular formula is C35H50. The van der Waals surface area contributed by atoms with Crippen LogP contribution < -0.4 is 0 Å². The smallest absolute Gasteiger partial charge is 0.00845 e. The highest BCUT2D eigenvalue weighted by Crippen LogP contribution is 3.06. The maximum Gasteiger partial charge on any atom is 0.00845 e. The van der Waals surface area contributed by atoms with Crippen molar-refractivity contribution in [3.05, 3.63) is 33.9 Å². The summed E-state index contributed by atoms with van der Waals surface area (Å²) in [6, 6.07) is 2.78. The maximum absolute atomic E-state index is 2.86. The van der Waals surface area contributed by atoms with Crippen molar-refractivity contribution in [1.29, 1.82) is 0 Å². The lowest BCUT2D eigenvalue weighted by Crippen LogP contribution is -2.88. The molecule has 0 N–H and O–H groups in total. The van der Waals surface area contributed by atoms with Gasteiger partial charge >= 0.3 is 0 Å². The van der Waals surface area contributed by atoms with Crippen LogP contribution in [0.2, 0.25) is 0 Å². The third kappa shape index (κ3) is 1.29. The zero-order valence-corrected chi connectivity index (χ0v) is 25.0. The maximum atomic E-state index is 2.86. The molecule has 0 nitrogen and oxygen atoms in total. The second-order valence-electron chi connectivity index (χ2n) is 17.0. The lowest BCUT2D eigenvalue weighted by Gasteiger charge is -2.91. The van der Waals surface area contributed by atoms with Crippen molar-refractivity contribution in [3.63, 3.8) is 0 Å². The Hall–Kier alpha value is -0.780. The van der Waals surface area contributed by atoms with Crippen molar-refractivity contribution in [1.82, 2.24) is 0 Å². The van der Waals surface area contributed by atoms with Crippen LogP contribution in [0.4, 0.5) is 0 Å². The molecular weight excluding hydrogens is 420 g/mol. The predicted octanol–water partition coefficient (Wildman–Crippen LogP) is 8.92. The van der Waals surface area contributed by atoms with Gasteiger partial charge in [0.05, 0.1) is 0 Å². The minimum absolute atomic E-state index is 0.262. The average molecular weight is 471 g/mol. The summed E-state index contributed by atoms with van der Waals surface area (Å²) < 4.78 is 0. The minimum Gasteiger partial charge on any atom is -0.0645 e. The van der Waals surface area contributed by atoms with Crippen LogP contribution in [0, 0.1) is 63.6 Å². The van der Waals surface area contributed by atoms with E-state index in [-0.39, 0.29) is 10.8 Å². The molecule has 0 amide bonds. The molecule has 0 radical (unpaired) electrons. The third-order valence-electron chi connectivity index (χ3n) is 17.7. The first-order valence-electron chi connectivity index (χ1n) is 15.2. The van der Waals surface area contributed by atoms with Crippen molar-refractivity contribution in [3.8, 4) is 0 Å². The third-order valence-corrected chi connectivity index (χ3v) is 17.7. The van der Waals surface area contributed by atoms with E-state index in [1.165, 1.54) is 12.8 Å². The molecule has 0 aliphatic heterocycles. The molecule has 0 spiro atoms. The van der Waals surface area contributed by atoms with Crippen LogP contribution in [-0.4, -0.2) is 0 Å². The van der Waals surface area contributed by atoms with Crippen molar-refractivity contribution in [2.45, 2.75) is 125 Å². The zero-order chi connectivity index (χ0) is 25.5. The molecule has 7 rings (SSSR count). The van der Waals surface area contributed by atoms with Crippen LogP contribution in [-0.2, 0) is 16.2 Å². The molecule has 0 heteroatoms. The van der Waals surface area contributed by atoms with Crippen LogP contribution in [0.15, 0.2) is 6.07 Å². The topological polar surface area (TPSA) is 0 Å². The molecule has 6 aliphatic carbocycles. The Kier molecular flexibility index (Phi) is 3.16. The molecule has 35 heavy (non-hydrogen) atoms. The number of hydrogen-bond acceptors (Lipinski definition) is 0. The number of benzene rings is 1. The first kappa shape index (κ1) is 22.2. The Labute approximate surface area is 215 Å².